The molecule has 0 bridgehead atoms. The number of hydrogen-bond donors (Lipinski definition) is 0. The van der Waals surface area contributed by atoms with E-state index < -0.39 is 15.9 Å². The third kappa shape index (κ3) is 4.79. The second-order valence-corrected chi connectivity index (χ2v) is 8.32. The highest BCUT2D eigenvalue weighted by Gasteiger charge is 2.33. The van der Waals surface area contributed by atoms with Crippen LogP contribution in [0.25, 0.3) is 6.08 Å². The van der Waals surface area contributed by atoms with E-state index in [1.54, 1.807) is 42.5 Å². The maximum Gasteiger partial charge on any atom is 0.282 e. The largest absolute Gasteiger partial charge is 0.497 e. The van der Waals surface area contributed by atoms with Crippen molar-refractivity contribution in [3.63, 3.8) is 0 Å². The number of hydrogen-bond acceptors (Lipinski definition) is 6. The lowest BCUT2D eigenvalue weighted by molar-refractivity contribution is -0.113. The minimum atomic E-state index is -4.30. The van der Waals surface area contributed by atoms with Gasteiger partial charge in [-0.3, -0.25) is 4.79 Å². The fraction of sp³-hybridized carbons (Fsp3) is 0.0833. The van der Waals surface area contributed by atoms with Gasteiger partial charge in [-0.05, 0) is 60.2 Å². The quantitative estimate of drug-likeness (QED) is 0.400. The van der Waals surface area contributed by atoms with Crippen molar-refractivity contribution in [2.75, 3.05) is 18.5 Å². The van der Waals surface area contributed by atoms with E-state index in [2.05, 4.69) is 0 Å². The molecule has 3 aromatic rings. The van der Waals surface area contributed by atoms with E-state index in [0.29, 0.717) is 21.4 Å². The van der Waals surface area contributed by atoms with Crippen molar-refractivity contribution in [1.82, 2.24) is 0 Å². The van der Waals surface area contributed by atoms with Crippen LogP contribution in [0.3, 0.4) is 0 Å². The van der Waals surface area contributed by atoms with Crippen molar-refractivity contribution < 1.29 is 22.7 Å². The number of benzene rings is 3. The Morgan fingerprint density at radius 1 is 0.875 bits per heavy atom. The Morgan fingerprint density at radius 2 is 1.41 bits per heavy atom. The second kappa shape index (κ2) is 9.81. The van der Waals surface area contributed by atoms with Crippen molar-refractivity contribution in [2.45, 2.75) is 4.90 Å². The summed E-state index contributed by atoms with van der Waals surface area (Å²) in [6.07, 6.45) is 1.33. The van der Waals surface area contributed by atoms with Gasteiger partial charge in [-0.15, -0.1) is 0 Å². The number of nitriles is 1. The summed E-state index contributed by atoms with van der Waals surface area (Å²) >= 11 is 0. The molecule has 32 heavy (non-hydrogen) atoms. The first-order chi connectivity index (χ1) is 15.4. The van der Waals surface area contributed by atoms with Crippen LogP contribution in [-0.2, 0) is 14.8 Å². The molecule has 1 amide bonds. The summed E-state index contributed by atoms with van der Waals surface area (Å²) in [7, 11) is -1.30. The highest BCUT2D eigenvalue weighted by molar-refractivity contribution is 7.93. The monoisotopic (exact) mass is 448 g/mol. The SMILES string of the molecule is COc1ccc(/C=C(\C#N)C(=O)N(c2ccc(OC)cc2)S(=O)(=O)c2ccccc2)cc1. The molecule has 0 aromatic heterocycles. The Bertz CT molecular complexity index is 1260. The van der Waals surface area contributed by atoms with Gasteiger partial charge >= 0.3 is 0 Å². The first-order valence-corrected chi connectivity index (χ1v) is 10.9. The average molecular weight is 449 g/mol. The topological polar surface area (TPSA) is 96.7 Å². The van der Waals surface area contributed by atoms with Gasteiger partial charge in [0.1, 0.15) is 23.1 Å². The molecule has 8 heteroatoms. The zero-order chi connectivity index (χ0) is 23.1. The van der Waals surface area contributed by atoms with Gasteiger partial charge in [0.15, 0.2) is 0 Å². The third-order valence-electron chi connectivity index (χ3n) is 4.55. The Balaban J connectivity index is 2.11. The minimum Gasteiger partial charge on any atom is -0.497 e. The van der Waals surface area contributed by atoms with Crippen LogP contribution < -0.4 is 13.8 Å². The van der Waals surface area contributed by atoms with Crippen LogP contribution in [0.4, 0.5) is 5.69 Å². The lowest BCUT2D eigenvalue weighted by atomic mass is 10.1. The molecule has 0 atom stereocenters. The number of nitrogens with zero attached hydrogens (tertiary/aromatic N) is 2. The number of ether oxygens (including phenoxy) is 2. The van der Waals surface area contributed by atoms with Crippen molar-refractivity contribution >= 4 is 27.7 Å². The lowest BCUT2D eigenvalue weighted by Crippen LogP contribution is -2.37. The maximum absolute atomic E-state index is 13.4. The predicted molar refractivity (Wildman–Crippen MR) is 121 cm³/mol. The summed E-state index contributed by atoms with van der Waals surface area (Å²) in [5, 5.41) is 9.67. The van der Waals surface area contributed by atoms with Gasteiger partial charge in [0.05, 0.1) is 24.8 Å². The number of amides is 1. The molecule has 7 nitrogen and oxygen atoms in total. The zero-order valence-electron chi connectivity index (χ0n) is 17.4. The van der Waals surface area contributed by atoms with Crippen LogP contribution in [0.15, 0.2) is 89.3 Å². The molecule has 0 spiro atoms. The summed E-state index contributed by atoms with van der Waals surface area (Å²) in [6, 6.07) is 22.0. The number of rotatable bonds is 7. The molecule has 0 saturated heterocycles. The first-order valence-electron chi connectivity index (χ1n) is 9.45. The van der Waals surface area contributed by atoms with Gasteiger partial charge in [0, 0.05) is 0 Å². The Morgan fingerprint density at radius 3 is 1.91 bits per heavy atom. The number of methoxy groups -OCH3 is 2. The molecule has 0 saturated carbocycles. The standard InChI is InChI=1S/C24H20N2O5S/c1-30-21-12-8-18(9-13-21)16-19(17-25)24(27)26(20-10-14-22(31-2)15-11-20)32(28,29)23-6-4-3-5-7-23/h3-16H,1-2H3/b19-16+. The van der Waals surface area contributed by atoms with E-state index in [1.165, 1.54) is 56.7 Å². The minimum absolute atomic E-state index is 0.0779. The van der Waals surface area contributed by atoms with E-state index >= 15 is 0 Å². The molecule has 3 rings (SSSR count). The molecule has 0 aliphatic heterocycles. The molecule has 0 aliphatic rings. The van der Waals surface area contributed by atoms with Crippen LogP contribution in [0.5, 0.6) is 11.5 Å². The van der Waals surface area contributed by atoms with Gasteiger partial charge in [0.2, 0.25) is 0 Å². The van der Waals surface area contributed by atoms with Crippen LogP contribution >= 0.6 is 0 Å². The Labute approximate surface area is 186 Å². The van der Waals surface area contributed by atoms with E-state index in [0.717, 1.165) is 0 Å². The van der Waals surface area contributed by atoms with Crippen LogP contribution in [0.1, 0.15) is 5.56 Å². The normalized spacial score (nSPS) is 11.3. The molecular weight excluding hydrogens is 428 g/mol. The second-order valence-electron chi connectivity index (χ2n) is 6.53. The van der Waals surface area contributed by atoms with Gasteiger partial charge in [-0.1, -0.05) is 30.3 Å². The molecule has 0 N–H and O–H groups in total. The van der Waals surface area contributed by atoms with E-state index in [9.17, 15) is 18.5 Å². The summed E-state index contributed by atoms with van der Waals surface area (Å²) < 4.78 is 37.7. The van der Waals surface area contributed by atoms with Gasteiger partial charge in [-0.25, -0.2) is 8.42 Å². The highest BCUT2D eigenvalue weighted by atomic mass is 32.2. The smallest absolute Gasteiger partial charge is 0.282 e. The van der Waals surface area contributed by atoms with Crippen LogP contribution in [0, 0.1) is 11.3 Å². The fourth-order valence-corrected chi connectivity index (χ4v) is 4.33. The number of sulfonamides is 1. The molecule has 0 aliphatic carbocycles. The van der Waals surface area contributed by atoms with E-state index in [1.807, 2.05) is 6.07 Å². The summed E-state index contributed by atoms with van der Waals surface area (Å²) in [4.78, 5) is 13.3. The maximum atomic E-state index is 13.4. The molecule has 0 radical (unpaired) electrons. The number of anilines is 1. The summed E-state index contributed by atoms with van der Waals surface area (Å²) in [6.45, 7) is 0. The van der Waals surface area contributed by atoms with Gasteiger partial charge in [-0.2, -0.15) is 9.57 Å². The first kappa shape index (κ1) is 22.6. The molecule has 0 heterocycles. The van der Waals surface area contributed by atoms with Gasteiger partial charge in [0.25, 0.3) is 15.9 Å². The lowest BCUT2D eigenvalue weighted by Gasteiger charge is -2.22. The highest BCUT2D eigenvalue weighted by Crippen LogP contribution is 2.28. The van der Waals surface area contributed by atoms with Crippen LogP contribution in [-0.4, -0.2) is 28.5 Å². The van der Waals surface area contributed by atoms with Crippen molar-refractivity contribution in [3.8, 4) is 17.6 Å². The summed E-state index contributed by atoms with van der Waals surface area (Å²) in [5.74, 6) is 0.128. The van der Waals surface area contributed by atoms with E-state index in [-0.39, 0.29) is 16.2 Å². The molecule has 162 valence electrons. The zero-order valence-corrected chi connectivity index (χ0v) is 18.2. The average Bonchev–Trinajstić information content (AvgIpc) is 2.83. The Kier molecular flexibility index (Phi) is 6.93. The fourth-order valence-electron chi connectivity index (χ4n) is 2.90. The molecule has 3 aromatic carbocycles. The van der Waals surface area contributed by atoms with Crippen molar-refractivity contribution in [3.05, 3.63) is 90.0 Å². The predicted octanol–water partition coefficient (Wildman–Crippen LogP) is 4.03. The summed E-state index contributed by atoms with van der Waals surface area (Å²) in [5.41, 5.74) is 0.281. The van der Waals surface area contributed by atoms with Crippen molar-refractivity contribution in [1.29, 1.82) is 5.26 Å². The Hall–Kier alpha value is -4.09. The number of carbonyl (C=O) groups excluding carboxylic acids is 1. The van der Waals surface area contributed by atoms with Crippen molar-refractivity contribution in [2.24, 2.45) is 0 Å². The molecule has 0 unspecified atom stereocenters. The number of carbonyl (C=O) groups is 1. The van der Waals surface area contributed by atoms with Gasteiger partial charge < -0.3 is 9.47 Å². The molecule has 0 fully saturated rings. The van der Waals surface area contributed by atoms with Crippen LogP contribution in [0.2, 0.25) is 0 Å². The van der Waals surface area contributed by atoms with E-state index in [4.69, 9.17) is 9.47 Å². The molecular formula is C24H20N2O5S. The third-order valence-corrected chi connectivity index (χ3v) is 6.28.